The molecule has 0 saturated carbocycles. The quantitative estimate of drug-likeness (QED) is 0.437. The first kappa shape index (κ1) is 20.9. The smallest absolute Gasteiger partial charge is 0.244 e. The molecule has 0 spiro atoms. The molecule has 156 valence electrons. The summed E-state index contributed by atoms with van der Waals surface area (Å²) in [6, 6.07) is 7.23. The van der Waals surface area contributed by atoms with Crippen LogP contribution in [0.25, 0.3) is 10.9 Å². The minimum absolute atomic E-state index is 0.121. The topological polar surface area (TPSA) is 115 Å². The van der Waals surface area contributed by atoms with Crippen LogP contribution < -0.4 is 10.8 Å². The number of H-pyrrole nitrogens is 1. The molecule has 0 bridgehead atoms. The van der Waals surface area contributed by atoms with Crippen molar-refractivity contribution in [2.75, 3.05) is 7.05 Å². The van der Waals surface area contributed by atoms with Crippen LogP contribution in [-0.4, -0.2) is 45.9 Å². The van der Waals surface area contributed by atoms with Crippen LogP contribution in [0.5, 0.6) is 0 Å². The molecule has 4 N–H and O–H groups in total. The number of aromatic amines is 1. The van der Waals surface area contributed by atoms with Crippen LogP contribution in [0, 0.1) is 11.8 Å². The van der Waals surface area contributed by atoms with E-state index < -0.39 is 17.9 Å². The molecule has 0 saturated heterocycles. The minimum atomic E-state index is -0.647. The van der Waals surface area contributed by atoms with Gasteiger partial charge >= 0.3 is 0 Å². The van der Waals surface area contributed by atoms with Crippen molar-refractivity contribution in [3.63, 3.8) is 0 Å². The second-order valence-corrected chi connectivity index (χ2v) is 7.99. The summed E-state index contributed by atoms with van der Waals surface area (Å²) in [6.07, 6.45) is 0.776. The summed E-state index contributed by atoms with van der Waals surface area (Å²) >= 11 is 0. The zero-order valence-electron chi connectivity index (χ0n) is 17.0. The van der Waals surface area contributed by atoms with E-state index in [4.69, 9.17) is 5.21 Å². The van der Waals surface area contributed by atoms with Gasteiger partial charge in [0.25, 0.3) is 0 Å². The molecule has 2 heterocycles. The zero-order chi connectivity index (χ0) is 21.1. The second-order valence-electron chi connectivity index (χ2n) is 7.99. The minimum Gasteiger partial charge on any atom is -0.357 e. The number of hydrogen-bond acceptors (Lipinski definition) is 4. The maximum atomic E-state index is 13.4. The van der Waals surface area contributed by atoms with Gasteiger partial charge in [0, 0.05) is 42.4 Å². The molecule has 0 aliphatic carbocycles. The van der Waals surface area contributed by atoms with E-state index in [2.05, 4.69) is 10.3 Å². The van der Waals surface area contributed by atoms with Crippen molar-refractivity contribution in [3.8, 4) is 0 Å². The standard InChI is InChI=1S/C21H28N4O4/c1-12(2)8-13(9-19(26)24-29)21(28)25-11-17-15(10-18(25)20(27)22-3)14-6-4-5-7-16(14)23-17/h4-7,12-13,18,23,29H,8-11H2,1-3H3,(H,22,27)(H,24,26)/t13-,18?/m1/s1. The lowest BCUT2D eigenvalue weighted by Crippen LogP contribution is -2.53. The number of nitrogens with zero attached hydrogens (tertiary/aromatic N) is 1. The van der Waals surface area contributed by atoms with Crippen molar-refractivity contribution in [1.29, 1.82) is 0 Å². The summed E-state index contributed by atoms with van der Waals surface area (Å²) in [6.45, 7) is 4.22. The third-order valence-corrected chi connectivity index (χ3v) is 5.50. The lowest BCUT2D eigenvalue weighted by atomic mass is 9.89. The molecule has 1 aliphatic rings. The van der Waals surface area contributed by atoms with Crippen molar-refractivity contribution < 1.29 is 19.6 Å². The van der Waals surface area contributed by atoms with Crippen LogP contribution in [-0.2, 0) is 27.3 Å². The Bertz CT molecular complexity index is 921. The fourth-order valence-corrected chi connectivity index (χ4v) is 4.18. The molecular formula is C21H28N4O4. The van der Waals surface area contributed by atoms with E-state index in [0.29, 0.717) is 12.8 Å². The molecule has 2 atom stereocenters. The number of para-hydroxylation sites is 1. The maximum Gasteiger partial charge on any atom is 0.244 e. The number of carbonyl (C=O) groups is 3. The molecule has 29 heavy (non-hydrogen) atoms. The highest BCUT2D eigenvalue weighted by atomic mass is 16.5. The van der Waals surface area contributed by atoms with Crippen molar-refractivity contribution >= 4 is 28.6 Å². The first-order valence-corrected chi connectivity index (χ1v) is 9.89. The van der Waals surface area contributed by atoms with Gasteiger partial charge in [-0.3, -0.25) is 19.6 Å². The molecule has 1 aromatic carbocycles. The summed E-state index contributed by atoms with van der Waals surface area (Å²) in [4.78, 5) is 42.7. The van der Waals surface area contributed by atoms with Crippen LogP contribution in [0.4, 0.5) is 0 Å². The number of amides is 3. The van der Waals surface area contributed by atoms with Gasteiger partial charge in [-0.2, -0.15) is 0 Å². The monoisotopic (exact) mass is 400 g/mol. The Labute approximate surface area is 169 Å². The molecule has 3 amide bonds. The third-order valence-electron chi connectivity index (χ3n) is 5.50. The number of benzene rings is 1. The van der Waals surface area contributed by atoms with Gasteiger partial charge in [0.2, 0.25) is 17.7 Å². The van der Waals surface area contributed by atoms with E-state index in [-0.39, 0.29) is 30.7 Å². The highest BCUT2D eigenvalue weighted by molar-refractivity contribution is 5.93. The number of carbonyl (C=O) groups excluding carboxylic acids is 3. The third kappa shape index (κ3) is 4.27. The summed E-state index contributed by atoms with van der Waals surface area (Å²) in [5, 5.41) is 12.6. The van der Waals surface area contributed by atoms with Crippen LogP contribution in [0.3, 0.4) is 0 Å². The summed E-state index contributed by atoms with van der Waals surface area (Å²) in [5.74, 6) is -1.52. The molecule has 8 heteroatoms. The highest BCUT2D eigenvalue weighted by Crippen LogP contribution is 2.32. The van der Waals surface area contributed by atoms with Gasteiger partial charge in [0.1, 0.15) is 6.04 Å². The molecule has 8 nitrogen and oxygen atoms in total. The predicted octanol–water partition coefficient (Wildman–Crippen LogP) is 1.72. The average Bonchev–Trinajstić information content (AvgIpc) is 3.08. The van der Waals surface area contributed by atoms with Gasteiger partial charge in [-0.25, -0.2) is 5.48 Å². The number of fused-ring (bicyclic) bond motifs is 3. The molecular weight excluding hydrogens is 372 g/mol. The Morgan fingerprint density at radius 3 is 2.66 bits per heavy atom. The number of nitrogens with one attached hydrogen (secondary N) is 3. The van der Waals surface area contributed by atoms with Gasteiger partial charge in [0.05, 0.1) is 6.54 Å². The van der Waals surface area contributed by atoms with Gasteiger partial charge in [-0.05, 0) is 24.0 Å². The maximum absolute atomic E-state index is 13.4. The lowest BCUT2D eigenvalue weighted by molar-refractivity contribution is -0.147. The Kier molecular flexibility index (Phi) is 6.22. The number of hydroxylamine groups is 1. The van der Waals surface area contributed by atoms with Crippen molar-refractivity contribution in [1.82, 2.24) is 20.7 Å². The average molecular weight is 400 g/mol. The Hall–Kier alpha value is -2.87. The van der Waals surface area contributed by atoms with Crippen LogP contribution >= 0.6 is 0 Å². The van der Waals surface area contributed by atoms with Crippen LogP contribution in [0.2, 0.25) is 0 Å². The number of hydrogen-bond donors (Lipinski definition) is 4. The Morgan fingerprint density at radius 2 is 2.00 bits per heavy atom. The first-order chi connectivity index (χ1) is 13.8. The number of rotatable bonds is 6. The summed E-state index contributed by atoms with van der Waals surface area (Å²) < 4.78 is 0. The highest BCUT2D eigenvalue weighted by Gasteiger charge is 2.39. The Balaban J connectivity index is 1.96. The molecule has 1 unspecified atom stereocenters. The predicted molar refractivity (Wildman–Crippen MR) is 108 cm³/mol. The normalized spacial score (nSPS) is 17.1. The van der Waals surface area contributed by atoms with Gasteiger partial charge in [-0.1, -0.05) is 32.0 Å². The van der Waals surface area contributed by atoms with Crippen molar-refractivity contribution in [2.45, 2.75) is 45.7 Å². The van der Waals surface area contributed by atoms with E-state index >= 15 is 0 Å². The molecule has 1 aromatic heterocycles. The fraction of sp³-hybridized carbons (Fsp3) is 0.476. The van der Waals surface area contributed by atoms with E-state index in [1.165, 1.54) is 0 Å². The molecule has 1 aliphatic heterocycles. The van der Waals surface area contributed by atoms with Crippen LogP contribution in [0.15, 0.2) is 24.3 Å². The van der Waals surface area contributed by atoms with E-state index in [1.54, 1.807) is 17.4 Å². The second kappa shape index (κ2) is 8.65. The van der Waals surface area contributed by atoms with E-state index in [0.717, 1.165) is 22.2 Å². The summed E-state index contributed by atoms with van der Waals surface area (Å²) in [5.41, 5.74) is 4.54. The number of likely N-dealkylation sites (N-methyl/N-ethyl adjacent to an activating group) is 1. The Morgan fingerprint density at radius 1 is 1.28 bits per heavy atom. The van der Waals surface area contributed by atoms with Crippen molar-refractivity contribution in [3.05, 3.63) is 35.5 Å². The van der Waals surface area contributed by atoms with Gasteiger partial charge in [-0.15, -0.1) is 0 Å². The first-order valence-electron chi connectivity index (χ1n) is 9.89. The largest absolute Gasteiger partial charge is 0.357 e. The lowest BCUT2D eigenvalue weighted by Gasteiger charge is -2.37. The van der Waals surface area contributed by atoms with Gasteiger partial charge < -0.3 is 15.2 Å². The molecule has 0 fully saturated rings. The van der Waals surface area contributed by atoms with Crippen LogP contribution in [0.1, 0.15) is 37.9 Å². The van der Waals surface area contributed by atoms with Crippen molar-refractivity contribution in [2.24, 2.45) is 11.8 Å². The molecule has 2 aromatic rings. The molecule has 3 rings (SSSR count). The van der Waals surface area contributed by atoms with Gasteiger partial charge in [0.15, 0.2) is 0 Å². The fourth-order valence-electron chi connectivity index (χ4n) is 4.18. The molecule has 0 radical (unpaired) electrons. The SMILES string of the molecule is CNC(=O)C1Cc2c([nH]c3ccccc23)CN1C(=O)[C@@H](CC(=O)NO)CC(C)C. The van der Waals surface area contributed by atoms with E-state index in [1.807, 2.05) is 38.1 Å². The summed E-state index contributed by atoms with van der Waals surface area (Å²) in [7, 11) is 1.56. The zero-order valence-corrected chi connectivity index (χ0v) is 17.0. The van der Waals surface area contributed by atoms with E-state index in [9.17, 15) is 14.4 Å². The number of aromatic nitrogens is 1.